The van der Waals surface area contributed by atoms with Gasteiger partial charge in [-0.3, -0.25) is 4.90 Å². The van der Waals surface area contributed by atoms with Gasteiger partial charge in [0.15, 0.2) is 0 Å². The number of nitrogens with zero attached hydrogens (tertiary/aromatic N) is 3. The van der Waals surface area contributed by atoms with Crippen LogP contribution in [0.15, 0.2) is 28.8 Å². The van der Waals surface area contributed by atoms with Crippen molar-refractivity contribution >= 4 is 0 Å². The van der Waals surface area contributed by atoms with E-state index in [2.05, 4.69) is 33.4 Å². The molecule has 1 aromatic heterocycles. The summed E-state index contributed by atoms with van der Waals surface area (Å²) in [4.78, 5) is 5.71. The van der Waals surface area contributed by atoms with Crippen LogP contribution in [0.25, 0.3) is 11.4 Å². The minimum absolute atomic E-state index is 0.0966. The van der Waals surface area contributed by atoms with E-state index >= 15 is 0 Å². The zero-order valence-corrected chi connectivity index (χ0v) is 13.4. The Kier molecular flexibility index (Phi) is 4.49. The number of likely N-dealkylation sites (tertiary alicyclic amines) is 1. The highest BCUT2D eigenvalue weighted by molar-refractivity contribution is 5.55. The molecule has 130 valence electrons. The molecule has 1 fully saturated rings. The largest absolute Gasteiger partial charge is 0.489 e. The van der Waals surface area contributed by atoms with Crippen LogP contribution in [0.5, 0.6) is 5.75 Å². The Balaban J connectivity index is 1.65. The number of hydrogen-bond donors (Lipinski definition) is 0. The van der Waals surface area contributed by atoms with Gasteiger partial charge in [-0.25, -0.2) is 0 Å². The summed E-state index contributed by atoms with van der Waals surface area (Å²) in [5, 5.41) is 3.36. The molecule has 0 aliphatic carbocycles. The van der Waals surface area contributed by atoms with Crippen molar-refractivity contribution in [1.82, 2.24) is 15.0 Å². The highest BCUT2D eigenvalue weighted by atomic mass is 19.4. The van der Waals surface area contributed by atoms with Crippen LogP contribution < -0.4 is 4.74 Å². The Morgan fingerprint density at radius 3 is 2.50 bits per heavy atom. The third kappa shape index (κ3) is 3.69. The maximum atomic E-state index is 12.5. The second-order valence-electron chi connectivity index (χ2n) is 6.06. The van der Waals surface area contributed by atoms with Gasteiger partial charge in [0.25, 0.3) is 0 Å². The van der Waals surface area contributed by atoms with E-state index in [1.165, 1.54) is 0 Å². The zero-order valence-electron chi connectivity index (χ0n) is 13.4. The van der Waals surface area contributed by atoms with Crippen molar-refractivity contribution in [2.75, 3.05) is 13.1 Å². The molecule has 0 spiro atoms. The van der Waals surface area contributed by atoms with Gasteiger partial charge < -0.3 is 9.26 Å². The molecule has 0 N–H and O–H groups in total. The van der Waals surface area contributed by atoms with E-state index in [1.54, 1.807) is 24.3 Å². The van der Waals surface area contributed by atoms with Gasteiger partial charge in [-0.05, 0) is 44.5 Å². The lowest BCUT2D eigenvalue weighted by Gasteiger charge is -2.20. The zero-order chi connectivity index (χ0) is 17.3. The Hall–Kier alpha value is -2.09. The van der Waals surface area contributed by atoms with E-state index in [1.807, 2.05) is 0 Å². The van der Waals surface area contributed by atoms with Crippen molar-refractivity contribution in [1.29, 1.82) is 0 Å². The number of hydrogen-bond acceptors (Lipinski definition) is 5. The third-order valence-corrected chi connectivity index (χ3v) is 3.99. The summed E-state index contributed by atoms with van der Waals surface area (Å²) in [5.41, 5.74) is 0.442. The molecule has 0 bridgehead atoms. The Labute approximate surface area is 137 Å². The lowest BCUT2D eigenvalue weighted by molar-refractivity contribution is -0.159. The van der Waals surface area contributed by atoms with E-state index in [-0.39, 0.29) is 11.9 Å². The van der Waals surface area contributed by atoms with E-state index in [0.29, 0.717) is 17.4 Å². The first-order chi connectivity index (χ1) is 11.3. The van der Waals surface area contributed by atoms with Crippen LogP contribution in [0, 0.1) is 0 Å². The maximum Gasteiger partial charge on any atom is 0.471 e. The van der Waals surface area contributed by atoms with E-state index in [9.17, 15) is 13.2 Å². The third-order valence-electron chi connectivity index (χ3n) is 3.99. The van der Waals surface area contributed by atoms with Gasteiger partial charge >= 0.3 is 12.1 Å². The van der Waals surface area contributed by atoms with Gasteiger partial charge in [-0.1, -0.05) is 5.16 Å². The van der Waals surface area contributed by atoms with Crippen LogP contribution >= 0.6 is 0 Å². The van der Waals surface area contributed by atoms with Crippen molar-refractivity contribution < 1.29 is 22.4 Å². The van der Waals surface area contributed by atoms with Gasteiger partial charge in [-0.2, -0.15) is 18.2 Å². The molecule has 24 heavy (non-hydrogen) atoms. The van der Waals surface area contributed by atoms with Crippen LogP contribution in [-0.2, 0) is 6.18 Å². The first kappa shape index (κ1) is 16.8. The topological polar surface area (TPSA) is 51.4 Å². The van der Waals surface area contributed by atoms with E-state index in [0.717, 1.165) is 19.5 Å². The summed E-state index contributed by atoms with van der Waals surface area (Å²) in [5.74, 6) is -0.771. The number of benzene rings is 1. The summed E-state index contributed by atoms with van der Waals surface area (Å²) >= 11 is 0. The Bertz CT molecular complexity index is 683. The average Bonchev–Trinajstić information content (AvgIpc) is 3.16. The fourth-order valence-electron chi connectivity index (χ4n) is 2.65. The summed E-state index contributed by atoms with van der Waals surface area (Å²) in [6.07, 6.45) is -3.56. The fraction of sp³-hybridized carbons (Fsp3) is 0.500. The highest BCUT2D eigenvalue weighted by Gasteiger charge is 2.38. The van der Waals surface area contributed by atoms with E-state index in [4.69, 9.17) is 4.74 Å². The second kappa shape index (κ2) is 6.43. The minimum Gasteiger partial charge on any atom is -0.489 e. The standard InChI is InChI=1S/C16H18F3N3O2/c1-10(2)22-8-7-13(9-22)23-12-5-3-11(4-6-12)14-20-15(24-21-14)16(17,18)19/h3-6,10,13H,7-9H2,1-2H3/t13-/m0/s1. The minimum atomic E-state index is -4.64. The predicted octanol–water partition coefficient (Wildman–Crippen LogP) is 3.62. The predicted molar refractivity (Wildman–Crippen MR) is 80.5 cm³/mol. The summed E-state index contributed by atoms with van der Waals surface area (Å²) in [7, 11) is 0. The quantitative estimate of drug-likeness (QED) is 0.850. The lowest BCUT2D eigenvalue weighted by Crippen LogP contribution is -2.30. The lowest BCUT2D eigenvalue weighted by atomic mass is 10.2. The normalized spacial score (nSPS) is 19.2. The van der Waals surface area contributed by atoms with Gasteiger partial charge in [0.2, 0.25) is 5.82 Å². The monoisotopic (exact) mass is 341 g/mol. The van der Waals surface area contributed by atoms with Crippen LogP contribution in [0.2, 0.25) is 0 Å². The molecule has 1 saturated heterocycles. The summed E-state index contributed by atoms with van der Waals surface area (Å²) in [6, 6.07) is 7.14. The smallest absolute Gasteiger partial charge is 0.471 e. The summed E-state index contributed by atoms with van der Waals surface area (Å²) in [6.45, 7) is 6.18. The van der Waals surface area contributed by atoms with Gasteiger partial charge in [-0.15, -0.1) is 0 Å². The van der Waals surface area contributed by atoms with Crippen LogP contribution in [0.4, 0.5) is 13.2 Å². The highest BCUT2D eigenvalue weighted by Crippen LogP contribution is 2.30. The molecule has 1 aliphatic rings. The average molecular weight is 341 g/mol. The molecular formula is C16H18F3N3O2. The molecule has 2 aromatic rings. The maximum absolute atomic E-state index is 12.5. The molecular weight excluding hydrogens is 323 g/mol. The molecule has 1 atom stereocenters. The SMILES string of the molecule is CC(C)N1CC[C@H](Oc2ccc(-c3noc(C(F)(F)F)n3)cc2)C1. The van der Waals surface area contributed by atoms with Gasteiger partial charge in [0.1, 0.15) is 11.9 Å². The fourth-order valence-corrected chi connectivity index (χ4v) is 2.65. The van der Waals surface area contributed by atoms with Gasteiger partial charge in [0, 0.05) is 24.7 Å². The number of rotatable bonds is 4. The van der Waals surface area contributed by atoms with Crippen LogP contribution in [0.1, 0.15) is 26.2 Å². The molecule has 0 saturated carbocycles. The first-order valence-corrected chi connectivity index (χ1v) is 7.75. The number of aromatic nitrogens is 2. The Morgan fingerprint density at radius 1 is 1.25 bits per heavy atom. The molecule has 0 amide bonds. The Morgan fingerprint density at radius 2 is 1.96 bits per heavy atom. The number of halogens is 3. The first-order valence-electron chi connectivity index (χ1n) is 7.75. The van der Waals surface area contributed by atoms with Crippen molar-refractivity contribution in [3.63, 3.8) is 0 Å². The van der Waals surface area contributed by atoms with Crippen molar-refractivity contribution in [3.05, 3.63) is 30.2 Å². The summed E-state index contributed by atoms with van der Waals surface area (Å²) < 4.78 is 47.6. The molecule has 1 aliphatic heterocycles. The molecule has 3 rings (SSSR count). The van der Waals surface area contributed by atoms with Crippen LogP contribution in [-0.4, -0.2) is 40.3 Å². The molecule has 0 radical (unpaired) electrons. The second-order valence-corrected chi connectivity index (χ2v) is 6.06. The molecule has 2 heterocycles. The van der Waals surface area contributed by atoms with Crippen LogP contribution in [0.3, 0.4) is 0 Å². The van der Waals surface area contributed by atoms with E-state index < -0.39 is 12.1 Å². The molecule has 1 aromatic carbocycles. The van der Waals surface area contributed by atoms with Crippen molar-refractivity contribution in [2.24, 2.45) is 0 Å². The molecule has 8 heteroatoms. The molecule has 5 nitrogen and oxygen atoms in total. The molecule has 0 unspecified atom stereocenters. The van der Waals surface area contributed by atoms with Crippen molar-refractivity contribution in [2.45, 2.75) is 38.6 Å². The van der Waals surface area contributed by atoms with Gasteiger partial charge in [0.05, 0.1) is 0 Å². The van der Waals surface area contributed by atoms with Crippen molar-refractivity contribution in [3.8, 4) is 17.1 Å². The number of ether oxygens (including phenoxy) is 1. The number of alkyl halides is 3.